The second-order valence-electron chi connectivity index (χ2n) is 4.11. The average molecular weight is 250 g/mol. The van der Waals surface area contributed by atoms with Gasteiger partial charge >= 0.3 is 0 Å². The molecule has 8 heteroatoms. The predicted molar refractivity (Wildman–Crippen MR) is 64.8 cm³/mol. The van der Waals surface area contributed by atoms with Crippen LogP contribution in [0.5, 0.6) is 0 Å². The molecule has 0 radical (unpaired) electrons. The molecule has 2 heterocycles. The number of nitrogens with zero attached hydrogens (tertiary/aromatic N) is 3. The zero-order valence-corrected chi connectivity index (χ0v) is 9.88. The molecular weight excluding hydrogens is 236 g/mol. The molecule has 1 aromatic heterocycles. The van der Waals surface area contributed by atoms with E-state index in [0.717, 1.165) is 6.42 Å². The molecule has 0 fully saturated rings. The number of hydrogen-bond donors (Lipinski definition) is 3. The second-order valence-corrected chi connectivity index (χ2v) is 4.11. The van der Waals surface area contributed by atoms with Crippen molar-refractivity contribution in [3.63, 3.8) is 0 Å². The zero-order chi connectivity index (χ0) is 13.3. The van der Waals surface area contributed by atoms with E-state index < -0.39 is 11.5 Å². The van der Waals surface area contributed by atoms with E-state index in [1.807, 2.05) is 12.3 Å². The third-order valence-electron chi connectivity index (χ3n) is 3.02. The minimum Gasteiger partial charge on any atom is -0.323 e. The number of fused-ring (bicyclic) bond motifs is 1. The number of hydrazone groups is 1. The number of carbonyl (C=O) groups excluding carboxylic acids is 1. The molecule has 1 amide bonds. The molecule has 18 heavy (non-hydrogen) atoms. The van der Waals surface area contributed by atoms with Crippen LogP contribution in [0.2, 0.25) is 0 Å². The van der Waals surface area contributed by atoms with Crippen molar-refractivity contribution in [2.75, 3.05) is 0 Å². The van der Waals surface area contributed by atoms with Gasteiger partial charge in [0, 0.05) is 12.2 Å². The summed E-state index contributed by atoms with van der Waals surface area (Å²) >= 11 is 0. The summed E-state index contributed by atoms with van der Waals surface area (Å²) in [4.78, 5) is 27.7. The highest BCUT2D eigenvalue weighted by Crippen LogP contribution is 2.21. The summed E-state index contributed by atoms with van der Waals surface area (Å²) in [5.74, 6) is 10.0. The molecule has 96 valence electrons. The van der Waals surface area contributed by atoms with Gasteiger partial charge < -0.3 is 5.84 Å². The summed E-state index contributed by atoms with van der Waals surface area (Å²) in [6.07, 6.45) is 2.57. The van der Waals surface area contributed by atoms with Crippen LogP contribution in [0.25, 0.3) is 0 Å². The third kappa shape index (κ3) is 1.76. The average Bonchev–Trinajstić information content (AvgIpc) is 2.38. The summed E-state index contributed by atoms with van der Waals surface area (Å²) in [7, 11) is 0. The van der Waals surface area contributed by atoms with Gasteiger partial charge in [-0.15, -0.1) is 0 Å². The molecule has 1 aromatic rings. The molecule has 8 nitrogen and oxygen atoms in total. The van der Waals surface area contributed by atoms with E-state index in [0.29, 0.717) is 18.0 Å². The fraction of sp³-hybridized carbons (Fsp3) is 0.400. The quantitative estimate of drug-likeness (QED) is 0.330. The van der Waals surface area contributed by atoms with Gasteiger partial charge in [0.05, 0.1) is 0 Å². The van der Waals surface area contributed by atoms with Crippen molar-refractivity contribution in [3.8, 4) is 0 Å². The number of carbonyl (C=O) groups is 1. The third-order valence-corrected chi connectivity index (χ3v) is 3.02. The lowest BCUT2D eigenvalue weighted by Crippen LogP contribution is -2.41. The number of hydrogen-bond acceptors (Lipinski definition) is 6. The van der Waals surface area contributed by atoms with Gasteiger partial charge in [0.15, 0.2) is 5.82 Å². The summed E-state index contributed by atoms with van der Waals surface area (Å²) in [5.41, 5.74) is 1.96. The molecule has 0 bridgehead atoms. The molecular formula is C10H14N6O2. The Morgan fingerprint density at radius 3 is 3.00 bits per heavy atom. The number of nitrogen functional groups attached to an aromatic ring is 1. The van der Waals surface area contributed by atoms with Crippen molar-refractivity contribution in [3.05, 3.63) is 27.9 Å². The van der Waals surface area contributed by atoms with Crippen LogP contribution in [0, 0.1) is 0 Å². The van der Waals surface area contributed by atoms with Crippen LogP contribution in [0.1, 0.15) is 42.0 Å². The van der Waals surface area contributed by atoms with Crippen molar-refractivity contribution in [2.45, 2.75) is 25.8 Å². The predicted octanol–water partition coefficient (Wildman–Crippen LogP) is -1.14. The molecule has 5 N–H and O–H groups in total. The number of nitrogens with two attached hydrogens (primary N) is 2. The van der Waals surface area contributed by atoms with E-state index in [1.54, 1.807) is 0 Å². The van der Waals surface area contributed by atoms with Crippen molar-refractivity contribution in [1.82, 2.24) is 15.0 Å². The highest BCUT2D eigenvalue weighted by Gasteiger charge is 2.26. The molecule has 1 unspecified atom stereocenters. The highest BCUT2D eigenvalue weighted by atomic mass is 16.2. The Bertz CT molecular complexity index is 576. The Balaban J connectivity index is 2.67. The second kappa shape index (κ2) is 4.57. The molecule has 1 atom stereocenters. The van der Waals surface area contributed by atoms with Crippen LogP contribution >= 0.6 is 0 Å². The molecule has 1 aliphatic heterocycles. The minimum atomic E-state index is -0.660. The van der Waals surface area contributed by atoms with Crippen LogP contribution in [0.15, 0.2) is 16.1 Å². The first-order valence-electron chi connectivity index (χ1n) is 5.49. The first kappa shape index (κ1) is 12.2. The molecule has 0 saturated heterocycles. The summed E-state index contributed by atoms with van der Waals surface area (Å²) < 4.78 is 1.43. The van der Waals surface area contributed by atoms with Gasteiger partial charge in [0.25, 0.3) is 11.5 Å². The Labute approximate surface area is 103 Å². The summed E-state index contributed by atoms with van der Waals surface area (Å²) in [6, 6.07) is -0.0592. The number of nitrogens with one attached hydrogen (secondary N) is 1. The van der Waals surface area contributed by atoms with E-state index in [-0.39, 0.29) is 11.6 Å². The van der Waals surface area contributed by atoms with Crippen LogP contribution in [0.4, 0.5) is 0 Å². The van der Waals surface area contributed by atoms with Crippen molar-refractivity contribution < 1.29 is 4.79 Å². The van der Waals surface area contributed by atoms with E-state index >= 15 is 0 Å². The maximum absolute atomic E-state index is 12.2. The highest BCUT2D eigenvalue weighted by molar-refractivity contribution is 5.99. The fourth-order valence-corrected chi connectivity index (χ4v) is 2.03. The maximum Gasteiger partial charge on any atom is 0.272 e. The van der Waals surface area contributed by atoms with Crippen LogP contribution in [-0.4, -0.2) is 21.2 Å². The van der Waals surface area contributed by atoms with Gasteiger partial charge in [-0.3, -0.25) is 19.6 Å². The smallest absolute Gasteiger partial charge is 0.272 e. The zero-order valence-electron chi connectivity index (χ0n) is 9.88. The van der Waals surface area contributed by atoms with Crippen LogP contribution in [0.3, 0.4) is 0 Å². The lowest BCUT2D eigenvalue weighted by atomic mass is 10.0. The normalized spacial score (nSPS) is 20.6. The molecule has 0 aliphatic carbocycles. The van der Waals surface area contributed by atoms with Gasteiger partial charge in [-0.2, -0.15) is 5.10 Å². The van der Waals surface area contributed by atoms with Crippen molar-refractivity contribution in [2.24, 2.45) is 16.8 Å². The van der Waals surface area contributed by atoms with Gasteiger partial charge in [-0.1, -0.05) is 0 Å². The van der Waals surface area contributed by atoms with Crippen LogP contribution in [-0.2, 0) is 0 Å². The topological polar surface area (TPSA) is 128 Å². The minimum absolute atomic E-state index is 0.0592. The molecule has 1 aliphatic rings. The van der Waals surface area contributed by atoms with Crippen LogP contribution < -0.4 is 22.7 Å². The largest absolute Gasteiger partial charge is 0.323 e. The summed E-state index contributed by atoms with van der Waals surface area (Å²) in [6.45, 7) is 1.88. The summed E-state index contributed by atoms with van der Waals surface area (Å²) in [5, 5.41) is 3.63. The molecule has 0 saturated carbocycles. The van der Waals surface area contributed by atoms with Crippen molar-refractivity contribution >= 4 is 11.6 Å². The van der Waals surface area contributed by atoms with E-state index in [9.17, 15) is 9.59 Å². The maximum atomic E-state index is 12.2. The van der Waals surface area contributed by atoms with Gasteiger partial charge in [0.2, 0.25) is 0 Å². The first-order valence-corrected chi connectivity index (χ1v) is 5.49. The Morgan fingerprint density at radius 1 is 1.67 bits per heavy atom. The number of aromatic nitrogens is 2. The monoisotopic (exact) mass is 250 g/mol. The Kier molecular flexibility index (Phi) is 3.11. The molecule has 0 aromatic carbocycles. The lowest BCUT2D eigenvalue weighted by Gasteiger charge is -2.24. The number of hydrazine groups is 1. The SMILES string of the molecule is CC1CC/C(=N\N)c2ncc(C(=O)NN)c(=O)n21. The van der Waals surface area contributed by atoms with E-state index in [4.69, 9.17) is 11.7 Å². The molecule has 2 rings (SSSR count). The molecule has 0 spiro atoms. The Hall–Kier alpha value is -2.22. The van der Waals surface area contributed by atoms with Gasteiger partial charge in [-0.05, 0) is 19.8 Å². The van der Waals surface area contributed by atoms with E-state index in [1.165, 1.54) is 10.8 Å². The lowest BCUT2D eigenvalue weighted by molar-refractivity contribution is 0.0950. The Morgan fingerprint density at radius 2 is 2.39 bits per heavy atom. The first-order chi connectivity index (χ1) is 8.60. The van der Waals surface area contributed by atoms with E-state index in [2.05, 4.69) is 10.1 Å². The number of amides is 1. The standard InChI is InChI=1S/C10H14N6O2/c1-5-2-3-7(14-11)8-13-4-6(9(17)15-12)10(18)16(5)8/h4-5H,2-3,11-12H2,1H3,(H,15,17)/b14-7+. The van der Waals surface area contributed by atoms with Gasteiger partial charge in [-0.25, -0.2) is 10.8 Å². The van der Waals surface area contributed by atoms with Gasteiger partial charge in [0.1, 0.15) is 11.3 Å². The number of rotatable bonds is 1. The van der Waals surface area contributed by atoms with Crippen molar-refractivity contribution in [1.29, 1.82) is 0 Å². The fourth-order valence-electron chi connectivity index (χ4n) is 2.03.